The largest absolute Gasteiger partial charge is 0.454 e. The van der Waals surface area contributed by atoms with Crippen molar-refractivity contribution in [3.8, 4) is 11.5 Å². The number of nitrogens with zero attached hydrogens (tertiary/aromatic N) is 1. The summed E-state index contributed by atoms with van der Waals surface area (Å²) in [5, 5.41) is 0. The second-order valence-electron chi connectivity index (χ2n) is 11.3. The summed E-state index contributed by atoms with van der Waals surface area (Å²) in [7, 11) is 0. The summed E-state index contributed by atoms with van der Waals surface area (Å²) in [4.78, 5) is 31.0. The van der Waals surface area contributed by atoms with Crippen LogP contribution in [-0.4, -0.2) is 62.8 Å². The van der Waals surface area contributed by atoms with Gasteiger partial charge in [0.05, 0.1) is 12.0 Å². The fourth-order valence-corrected chi connectivity index (χ4v) is 6.48. The first-order valence-corrected chi connectivity index (χ1v) is 12.7. The lowest BCUT2D eigenvalue weighted by Gasteiger charge is -2.47. The Hall–Kier alpha value is -2.12. The van der Waals surface area contributed by atoms with Crippen LogP contribution < -0.4 is 19.3 Å². The normalized spacial score (nSPS) is 32.5. The van der Waals surface area contributed by atoms with E-state index in [1.807, 2.05) is 6.07 Å². The van der Waals surface area contributed by atoms with Crippen molar-refractivity contribution in [2.75, 3.05) is 46.1 Å². The van der Waals surface area contributed by atoms with Crippen molar-refractivity contribution in [1.29, 1.82) is 0 Å². The number of piperidine rings is 1. The van der Waals surface area contributed by atoms with Crippen LogP contribution in [0.1, 0.15) is 52.0 Å². The molecule has 33 heavy (non-hydrogen) atoms. The van der Waals surface area contributed by atoms with Crippen LogP contribution in [-0.2, 0) is 16.1 Å². The van der Waals surface area contributed by atoms with Crippen LogP contribution in [0.2, 0.25) is 0 Å². The predicted molar refractivity (Wildman–Crippen MR) is 123 cm³/mol. The number of unbranched alkanes of at least 4 members (excludes halogenated alkanes) is 1. The number of ether oxygens (including phenoxy) is 2. The Bertz CT molecular complexity index is 924. The molecular weight excluding hydrogens is 418 g/mol. The van der Waals surface area contributed by atoms with Crippen molar-refractivity contribution >= 4 is 11.8 Å². The molecule has 2 unspecified atom stereocenters. The van der Waals surface area contributed by atoms with Crippen LogP contribution in [0.15, 0.2) is 18.2 Å². The summed E-state index contributed by atoms with van der Waals surface area (Å²) >= 11 is 0. The minimum Gasteiger partial charge on any atom is -0.454 e. The monoisotopic (exact) mass is 457 g/mol. The van der Waals surface area contributed by atoms with Gasteiger partial charge in [-0.25, -0.2) is 0 Å². The summed E-state index contributed by atoms with van der Waals surface area (Å²) in [5.41, 5.74) is 0.706. The van der Waals surface area contributed by atoms with Gasteiger partial charge in [0.15, 0.2) is 11.5 Å². The first-order chi connectivity index (χ1) is 15.8. The van der Waals surface area contributed by atoms with Gasteiger partial charge in [-0.15, -0.1) is 0 Å². The highest BCUT2D eigenvalue weighted by Crippen LogP contribution is 2.60. The fraction of sp³-hybridized carbons (Fsp3) is 0.692. The maximum Gasteiger partial charge on any atom is 0.235 e. The zero-order valence-corrected chi connectivity index (χ0v) is 20.4. The van der Waals surface area contributed by atoms with Gasteiger partial charge in [0.1, 0.15) is 32.7 Å². The summed E-state index contributed by atoms with van der Waals surface area (Å²) in [6, 6.07) is 6.28. The van der Waals surface area contributed by atoms with Crippen LogP contribution in [0, 0.1) is 16.7 Å². The number of carbonyl (C=O) groups is 2. The second-order valence-corrected chi connectivity index (χ2v) is 11.3. The molecule has 180 valence electrons. The number of hydrogen-bond acceptors (Lipinski definition) is 4. The number of quaternary nitrogens is 2. The van der Waals surface area contributed by atoms with E-state index in [1.54, 1.807) is 14.7 Å². The van der Waals surface area contributed by atoms with Crippen LogP contribution in [0.5, 0.6) is 11.5 Å². The van der Waals surface area contributed by atoms with Gasteiger partial charge in [-0.2, -0.15) is 0 Å². The molecule has 0 spiro atoms. The summed E-state index contributed by atoms with van der Waals surface area (Å²) in [5.74, 6) is 1.87. The zero-order valence-electron chi connectivity index (χ0n) is 20.4. The number of imide groups is 1. The molecule has 2 amide bonds. The molecule has 3 heterocycles. The third kappa shape index (κ3) is 3.93. The predicted octanol–water partition coefficient (Wildman–Crippen LogP) is 0.290. The molecule has 0 radical (unpaired) electrons. The molecule has 3 fully saturated rings. The molecule has 2 saturated heterocycles. The molecule has 1 saturated carbocycles. The molecule has 2 atom stereocenters. The van der Waals surface area contributed by atoms with Crippen molar-refractivity contribution in [3.63, 3.8) is 0 Å². The number of hydrogen-bond donors (Lipinski definition) is 2. The number of amides is 2. The van der Waals surface area contributed by atoms with Crippen molar-refractivity contribution in [3.05, 3.63) is 23.8 Å². The number of likely N-dealkylation sites (tertiary alicyclic amines) is 1. The second kappa shape index (κ2) is 8.58. The summed E-state index contributed by atoms with van der Waals surface area (Å²) in [6.45, 7) is 14.0. The van der Waals surface area contributed by atoms with Gasteiger partial charge in [0.25, 0.3) is 0 Å². The number of piperazine rings is 1. The average Bonchev–Trinajstić information content (AvgIpc) is 3.33. The zero-order chi connectivity index (χ0) is 23.2. The maximum atomic E-state index is 13.2. The van der Waals surface area contributed by atoms with E-state index in [2.05, 4.69) is 32.9 Å². The minimum atomic E-state index is -0.381. The Morgan fingerprint density at radius 1 is 1.00 bits per heavy atom. The number of fused-ring (bicyclic) bond motifs is 3. The molecule has 4 aliphatic rings. The molecule has 1 aromatic rings. The fourth-order valence-electron chi connectivity index (χ4n) is 6.48. The van der Waals surface area contributed by atoms with Gasteiger partial charge >= 0.3 is 0 Å². The van der Waals surface area contributed by atoms with Crippen LogP contribution >= 0.6 is 0 Å². The molecule has 2 N–H and O–H groups in total. The topological polar surface area (TPSA) is 64.7 Å². The Morgan fingerprint density at radius 3 is 2.52 bits per heavy atom. The lowest BCUT2D eigenvalue weighted by Crippen LogP contribution is -3.27. The molecule has 0 aromatic heterocycles. The molecule has 1 aromatic carbocycles. The minimum absolute atomic E-state index is 0.00615. The standard InChI is InChI=1S/C26H37N3O4/c1-25(2)20-8-9-26(25,3)24(31)29(23(20)30)11-5-4-10-27-12-14-28(15-13-27)17-19-6-7-21-22(16-19)33-18-32-21/h6-7,16,20H,4-5,8-15,17-18H2,1-3H3/p+2. The Balaban J connectivity index is 1.04. The smallest absolute Gasteiger partial charge is 0.235 e. The summed E-state index contributed by atoms with van der Waals surface area (Å²) < 4.78 is 10.9. The average molecular weight is 458 g/mol. The van der Waals surface area contributed by atoms with E-state index in [4.69, 9.17) is 9.47 Å². The van der Waals surface area contributed by atoms with Crippen molar-refractivity contribution in [2.45, 2.75) is 53.0 Å². The van der Waals surface area contributed by atoms with Gasteiger partial charge in [-0.3, -0.25) is 14.5 Å². The van der Waals surface area contributed by atoms with Gasteiger partial charge in [-0.05, 0) is 49.3 Å². The number of nitrogens with one attached hydrogen (secondary N) is 2. The van der Waals surface area contributed by atoms with Crippen LogP contribution in [0.4, 0.5) is 0 Å². The summed E-state index contributed by atoms with van der Waals surface area (Å²) in [6.07, 6.45) is 3.68. The quantitative estimate of drug-likeness (QED) is 0.456. The molecule has 3 aliphatic heterocycles. The highest BCUT2D eigenvalue weighted by molar-refractivity contribution is 6.03. The number of carbonyl (C=O) groups excluding carboxylic acids is 2. The van der Waals surface area contributed by atoms with Crippen LogP contribution in [0.3, 0.4) is 0 Å². The van der Waals surface area contributed by atoms with E-state index < -0.39 is 0 Å². The number of benzene rings is 1. The lowest BCUT2D eigenvalue weighted by molar-refractivity contribution is -1.02. The molecule has 1 aliphatic carbocycles. The first kappa shape index (κ1) is 22.7. The molecule has 2 bridgehead atoms. The molecular formula is C26H39N3O4+2. The highest BCUT2D eigenvalue weighted by atomic mass is 16.7. The van der Waals surface area contributed by atoms with Gasteiger partial charge in [-0.1, -0.05) is 20.8 Å². The van der Waals surface area contributed by atoms with E-state index in [1.165, 1.54) is 31.7 Å². The molecule has 7 heteroatoms. The van der Waals surface area contributed by atoms with Crippen molar-refractivity contribution < 1.29 is 28.9 Å². The van der Waals surface area contributed by atoms with Crippen LogP contribution in [0.25, 0.3) is 0 Å². The maximum absolute atomic E-state index is 13.2. The Morgan fingerprint density at radius 2 is 1.73 bits per heavy atom. The van der Waals surface area contributed by atoms with Crippen molar-refractivity contribution in [2.24, 2.45) is 16.7 Å². The Kier molecular flexibility index (Phi) is 5.90. The van der Waals surface area contributed by atoms with Gasteiger partial charge in [0.2, 0.25) is 18.6 Å². The molecule has 7 nitrogen and oxygen atoms in total. The van der Waals surface area contributed by atoms with Crippen molar-refractivity contribution in [1.82, 2.24) is 4.90 Å². The third-order valence-corrected chi connectivity index (χ3v) is 9.22. The van der Waals surface area contributed by atoms with E-state index in [0.29, 0.717) is 13.3 Å². The van der Waals surface area contributed by atoms with E-state index in [9.17, 15) is 9.59 Å². The molecule has 5 rings (SSSR count). The van der Waals surface area contributed by atoms with E-state index in [0.717, 1.165) is 50.3 Å². The SMILES string of the molecule is CC12CCC(C(=O)N(CCCC[NH+]3CC[NH+](Cc4ccc5c(c4)OCO5)CC3)C1=O)C2(C)C. The number of rotatable bonds is 7. The first-order valence-electron chi connectivity index (χ1n) is 12.7. The van der Waals surface area contributed by atoms with E-state index >= 15 is 0 Å². The highest BCUT2D eigenvalue weighted by Gasteiger charge is 2.64. The van der Waals surface area contributed by atoms with E-state index in [-0.39, 0.29) is 28.6 Å². The van der Waals surface area contributed by atoms with Gasteiger partial charge < -0.3 is 19.3 Å². The van der Waals surface area contributed by atoms with Gasteiger partial charge in [0, 0.05) is 18.0 Å². The third-order valence-electron chi connectivity index (χ3n) is 9.22. The Labute approximate surface area is 197 Å². The lowest BCUT2D eigenvalue weighted by atomic mass is 9.62.